The van der Waals surface area contributed by atoms with Crippen LogP contribution in [0.15, 0.2) is 24.3 Å². The number of nitrogens with one attached hydrogen (secondary N) is 1. The maximum absolute atomic E-state index is 9.17. The van der Waals surface area contributed by atoms with Gasteiger partial charge in [-0.2, -0.15) is 5.10 Å². The monoisotopic (exact) mass is 274 g/mol. The number of ether oxygens (including phenoxy) is 1. The van der Waals surface area contributed by atoms with Gasteiger partial charge in [0.15, 0.2) is 0 Å². The first kappa shape index (κ1) is 14.6. The Morgan fingerprint density at radius 2 is 1.95 bits per heavy atom. The minimum atomic E-state index is -0.0186. The van der Waals surface area contributed by atoms with Crippen molar-refractivity contribution >= 4 is 0 Å². The highest BCUT2D eigenvalue weighted by Gasteiger charge is 2.10. The molecule has 0 bridgehead atoms. The second-order valence-corrected chi connectivity index (χ2v) is 5.39. The maximum atomic E-state index is 9.17. The van der Waals surface area contributed by atoms with E-state index in [-0.39, 0.29) is 6.61 Å². The molecule has 0 saturated heterocycles. The molecule has 0 fully saturated rings. The Kier molecular flexibility index (Phi) is 4.79. The Morgan fingerprint density at radius 3 is 2.50 bits per heavy atom. The molecule has 0 atom stereocenters. The largest absolute Gasteiger partial charge is 0.494 e. The maximum Gasteiger partial charge on any atom is 0.119 e. The predicted molar refractivity (Wildman–Crippen MR) is 79.6 cm³/mol. The van der Waals surface area contributed by atoms with E-state index in [1.54, 1.807) is 0 Å². The van der Waals surface area contributed by atoms with E-state index < -0.39 is 0 Å². The van der Waals surface area contributed by atoms with Crippen LogP contribution < -0.4 is 4.74 Å². The van der Waals surface area contributed by atoms with Crippen molar-refractivity contribution in [1.29, 1.82) is 0 Å². The third kappa shape index (κ3) is 3.39. The number of nitrogens with zero attached hydrogens (tertiary/aromatic N) is 1. The van der Waals surface area contributed by atoms with Gasteiger partial charge in [-0.05, 0) is 43.5 Å². The van der Waals surface area contributed by atoms with E-state index in [1.165, 1.54) is 0 Å². The minimum absolute atomic E-state index is 0.0186. The number of aromatic nitrogens is 2. The molecule has 0 radical (unpaired) electrons. The van der Waals surface area contributed by atoms with Crippen molar-refractivity contribution < 1.29 is 9.84 Å². The Bertz CT molecular complexity index is 544. The standard InChI is InChI=1S/C16H22N2O2/c1-11(2)8-9-20-14-6-4-13(5-7-14)16-12(3)15(10-19)17-18-16/h4-7,11,19H,8-10H2,1-3H3,(H,17,18). The summed E-state index contributed by atoms with van der Waals surface area (Å²) < 4.78 is 5.70. The van der Waals surface area contributed by atoms with Crippen molar-refractivity contribution in [3.63, 3.8) is 0 Å². The van der Waals surface area contributed by atoms with E-state index >= 15 is 0 Å². The molecule has 2 rings (SSSR count). The Labute approximate surface area is 119 Å². The first-order chi connectivity index (χ1) is 9.61. The lowest BCUT2D eigenvalue weighted by molar-refractivity contribution is 0.276. The highest BCUT2D eigenvalue weighted by atomic mass is 16.5. The molecular formula is C16H22N2O2. The molecule has 0 aliphatic rings. The molecule has 1 heterocycles. The number of hydrogen-bond acceptors (Lipinski definition) is 3. The van der Waals surface area contributed by atoms with Crippen LogP contribution in [0.5, 0.6) is 5.75 Å². The number of aliphatic hydroxyl groups is 1. The first-order valence-corrected chi connectivity index (χ1v) is 6.99. The van der Waals surface area contributed by atoms with Crippen molar-refractivity contribution in [2.24, 2.45) is 5.92 Å². The van der Waals surface area contributed by atoms with Crippen LogP contribution in [0.4, 0.5) is 0 Å². The summed E-state index contributed by atoms with van der Waals surface area (Å²) in [6.45, 7) is 7.05. The summed E-state index contributed by atoms with van der Waals surface area (Å²) in [6.07, 6.45) is 1.06. The zero-order chi connectivity index (χ0) is 14.5. The molecule has 2 N–H and O–H groups in total. The van der Waals surface area contributed by atoms with Crippen LogP contribution in [0.3, 0.4) is 0 Å². The van der Waals surface area contributed by atoms with Gasteiger partial charge in [-0.1, -0.05) is 13.8 Å². The van der Waals surface area contributed by atoms with Crippen molar-refractivity contribution in [3.8, 4) is 17.0 Å². The van der Waals surface area contributed by atoms with Gasteiger partial charge in [-0.25, -0.2) is 0 Å². The third-order valence-electron chi connectivity index (χ3n) is 3.36. The topological polar surface area (TPSA) is 58.1 Å². The second kappa shape index (κ2) is 6.57. The number of aliphatic hydroxyl groups excluding tert-OH is 1. The molecular weight excluding hydrogens is 252 g/mol. The predicted octanol–water partition coefficient (Wildman–Crippen LogP) is 3.30. The first-order valence-electron chi connectivity index (χ1n) is 6.99. The normalized spacial score (nSPS) is 11.1. The molecule has 2 aromatic rings. The minimum Gasteiger partial charge on any atom is -0.494 e. The van der Waals surface area contributed by atoms with E-state index in [2.05, 4.69) is 24.0 Å². The van der Waals surface area contributed by atoms with Gasteiger partial charge < -0.3 is 9.84 Å². The number of aromatic amines is 1. The van der Waals surface area contributed by atoms with Gasteiger partial charge in [0, 0.05) is 11.1 Å². The SMILES string of the molecule is Cc1c(-c2ccc(OCCC(C)C)cc2)n[nH]c1CO. The van der Waals surface area contributed by atoms with E-state index in [0.29, 0.717) is 5.92 Å². The highest BCUT2D eigenvalue weighted by Crippen LogP contribution is 2.25. The number of rotatable bonds is 6. The number of H-pyrrole nitrogens is 1. The van der Waals surface area contributed by atoms with Crippen LogP contribution in [0.25, 0.3) is 11.3 Å². The Morgan fingerprint density at radius 1 is 1.25 bits per heavy atom. The summed E-state index contributed by atoms with van der Waals surface area (Å²) in [5, 5.41) is 16.3. The summed E-state index contributed by atoms with van der Waals surface area (Å²) in [7, 11) is 0. The Balaban J connectivity index is 2.05. The van der Waals surface area contributed by atoms with Crippen LogP contribution in [0.2, 0.25) is 0 Å². The number of benzene rings is 1. The smallest absolute Gasteiger partial charge is 0.119 e. The van der Waals surface area contributed by atoms with Crippen LogP contribution in [0, 0.1) is 12.8 Å². The molecule has 108 valence electrons. The zero-order valence-electron chi connectivity index (χ0n) is 12.3. The molecule has 0 aliphatic heterocycles. The zero-order valence-corrected chi connectivity index (χ0v) is 12.3. The molecule has 20 heavy (non-hydrogen) atoms. The fourth-order valence-corrected chi connectivity index (χ4v) is 1.99. The molecule has 0 spiro atoms. The molecule has 0 amide bonds. The van der Waals surface area contributed by atoms with Crippen molar-refractivity contribution in [2.75, 3.05) is 6.61 Å². The lowest BCUT2D eigenvalue weighted by Gasteiger charge is -2.08. The number of hydrogen-bond donors (Lipinski definition) is 2. The summed E-state index contributed by atoms with van der Waals surface area (Å²) in [6, 6.07) is 7.91. The van der Waals surface area contributed by atoms with Crippen LogP contribution in [0.1, 0.15) is 31.5 Å². The van der Waals surface area contributed by atoms with Crippen LogP contribution in [-0.2, 0) is 6.61 Å². The quantitative estimate of drug-likeness (QED) is 0.849. The van der Waals surface area contributed by atoms with Crippen molar-refractivity contribution in [3.05, 3.63) is 35.5 Å². The van der Waals surface area contributed by atoms with E-state index in [0.717, 1.165) is 41.3 Å². The van der Waals surface area contributed by atoms with Crippen LogP contribution >= 0.6 is 0 Å². The highest BCUT2D eigenvalue weighted by molar-refractivity contribution is 5.64. The summed E-state index contributed by atoms with van der Waals surface area (Å²) >= 11 is 0. The van der Waals surface area contributed by atoms with Gasteiger partial charge in [0.2, 0.25) is 0 Å². The van der Waals surface area contributed by atoms with Gasteiger partial charge in [0.25, 0.3) is 0 Å². The fraction of sp³-hybridized carbons (Fsp3) is 0.438. The molecule has 0 aliphatic carbocycles. The summed E-state index contributed by atoms with van der Waals surface area (Å²) in [5.74, 6) is 1.53. The lowest BCUT2D eigenvalue weighted by atomic mass is 10.1. The Hall–Kier alpha value is -1.81. The molecule has 1 aromatic carbocycles. The molecule has 1 aromatic heterocycles. The summed E-state index contributed by atoms with van der Waals surface area (Å²) in [5.41, 5.74) is 3.65. The lowest BCUT2D eigenvalue weighted by Crippen LogP contribution is -2.01. The van der Waals surface area contributed by atoms with E-state index in [1.807, 2.05) is 31.2 Å². The third-order valence-corrected chi connectivity index (χ3v) is 3.36. The van der Waals surface area contributed by atoms with Gasteiger partial charge in [0.1, 0.15) is 5.75 Å². The van der Waals surface area contributed by atoms with E-state index in [4.69, 9.17) is 4.74 Å². The average molecular weight is 274 g/mol. The summed E-state index contributed by atoms with van der Waals surface area (Å²) in [4.78, 5) is 0. The van der Waals surface area contributed by atoms with Crippen molar-refractivity contribution in [1.82, 2.24) is 10.2 Å². The van der Waals surface area contributed by atoms with Gasteiger partial charge >= 0.3 is 0 Å². The second-order valence-electron chi connectivity index (χ2n) is 5.39. The molecule has 4 nitrogen and oxygen atoms in total. The average Bonchev–Trinajstić information content (AvgIpc) is 2.80. The van der Waals surface area contributed by atoms with E-state index in [9.17, 15) is 5.11 Å². The molecule has 0 unspecified atom stereocenters. The molecule has 0 saturated carbocycles. The van der Waals surface area contributed by atoms with Crippen molar-refractivity contribution in [2.45, 2.75) is 33.8 Å². The fourth-order valence-electron chi connectivity index (χ4n) is 1.99. The van der Waals surface area contributed by atoms with Gasteiger partial charge in [-0.3, -0.25) is 5.10 Å². The van der Waals surface area contributed by atoms with Crippen LogP contribution in [-0.4, -0.2) is 21.9 Å². The van der Waals surface area contributed by atoms with Gasteiger partial charge in [-0.15, -0.1) is 0 Å². The van der Waals surface area contributed by atoms with Gasteiger partial charge in [0.05, 0.1) is 24.6 Å². The molecule has 4 heteroatoms.